The van der Waals surface area contributed by atoms with Crippen LogP contribution >= 0.6 is 11.6 Å². The highest BCUT2D eigenvalue weighted by Gasteiger charge is 2.33. The Kier molecular flexibility index (Phi) is 2.42. The quantitative estimate of drug-likeness (QED) is 0.767. The average molecular weight is 248 g/mol. The van der Waals surface area contributed by atoms with Gasteiger partial charge in [0.2, 0.25) is 0 Å². The van der Waals surface area contributed by atoms with E-state index in [1.54, 1.807) is 0 Å². The van der Waals surface area contributed by atoms with Gasteiger partial charge in [0.25, 0.3) is 0 Å². The molecule has 16 heavy (non-hydrogen) atoms. The molecule has 0 saturated heterocycles. The van der Waals surface area contributed by atoms with E-state index >= 15 is 0 Å². The zero-order valence-corrected chi connectivity index (χ0v) is 8.49. The van der Waals surface area contributed by atoms with E-state index in [1.807, 2.05) is 0 Å². The first-order valence-corrected chi connectivity index (χ1v) is 4.64. The third kappa shape index (κ3) is 1.67. The van der Waals surface area contributed by atoms with Gasteiger partial charge in [0, 0.05) is 22.7 Å². The molecular weight excluding hydrogens is 243 g/mol. The zero-order chi connectivity index (χ0) is 11.9. The van der Waals surface area contributed by atoms with E-state index in [-0.39, 0.29) is 16.8 Å². The van der Waals surface area contributed by atoms with Gasteiger partial charge in [0.1, 0.15) is 0 Å². The minimum atomic E-state index is -4.55. The van der Waals surface area contributed by atoms with Crippen molar-refractivity contribution in [1.82, 2.24) is 4.98 Å². The van der Waals surface area contributed by atoms with E-state index in [0.29, 0.717) is 5.39 Å². The van der Waals surface area contributed by atoms with Crippen LogP contribution in [0.15, 0.2) is 18.3 Å². The molecule has 0 unspecified atom stereocenters. The predicted molar refractivity (Wildman–Crippen MR) is 53.7 cm³/mol. The summed E-state index contributed by atoms with van der Waals surface area (Å²) in [5.41, 5.74) is -1.13. The van der Waals surface area contributed by atoms with Gasteiger partial charge in [0.15, 0.2) is 6.29 Å². The van der Waals surface area contributed by atoms with Crippen molar-refractivity contribution in [1.29, 1.82) is 0 Å². The number of aromatic nitrogens is 1. The van der Waals surface area contributed by atoms with Crippen LogP contribution in [-0.4, -0.2) is 11.3 Å². The summed E-state index contributed by atoms with van der Waals surface area (Å²) in [6.07, 6.45) is -3.01. The average Bonchev–Trinajstić information content (AvgIpc) is 2.57. The Hall–Kier alpha value is -1.49. The minimum Gasteiger partial charge on any atom is -0.360 e. The number of nitrogens with one attached hydrogen (secondary N) is 1. The van der Waals surface area contributed by atoms with Gasteiger partial charge in [-0.25, -0.2) is 0 Å². The lowest BCUT2D eigenvalue weighted by atomic mass is 10.1. The summed E-state index contributed by atoms with van der Waals surface area (Å²) in [7, 11) is 0. The van der Waals surface area contributed by atoms with Gasteiger partial charge in [-0.1, -0.05) is 11.6 Å². The molecule has 1 aromatic heterocycles. The molecule has 6 heteroatoms. The monoisotopic (exact) mass is 247 g/mol. The molecule has 0 aliphatic heterocycles. The Balaban J connectivity index is 2.79. The van der Waals surface area contributed by atoms with E-state index in [0.717, 1.165) is 12.1 Å². The van der Waals surface area contributed by atoms with Crippen LogP contribution < -0.4 is 0 Å². The number of halogens is 4. The fraction of sp³-hybridized carbons (Fsp3) is 0.100. The summed E-state index contributed by atoms with van der Waals surface area (Å²) < 4.78 is 37.7. The number of H-pyrrole nitrogens is 1. The van der Waals surface area contributed by atoms with Gasteiger partial charge in [-0.3, -0.25) is 4.79 Å². The number of hydrogen-bond acceptors (Lipinski definition) is 1. The van der Waals surface area contributed by atoms with Crippen LogP contribution in [0.4, 0.5) is 13.2 Å². The summed E-state index contributed by atoms with van der Waals surface area (Å²) in [5, 5.41) is 0.684. The molecule has 1 aromatic carbocycles. The maximum absolute atomic E-state index is 12.6. The molecule has 0 radical (unpaired) electrons. The van der Waals surface area contributed by atoms with E-state index in [1.165, 1.54) is 6.20 Å². The first-order valence-electron chi connectivity index (χ1n) is 4.26. The Morgan fingerprint density at radius 3 is 2.56 bits per heavy atom. The highest BCUT2D eigenvalue weighted by Crippen LogP contribution is 2.35. The normalized spacial score (nSPS) is 12.0. The number of aromatic amines is 1. The molecule has 0 saturated carbocycles. The standard InChI is InChI=1S/C10H5ClF3NO/c11-8-3-15-9-2-7(10(12,13)14)5(4-16)1-6(8)9/h1-4,15H. The van der Waals surface area contributed by atoms with Crippen molar-refractivity contribution >= 4 is 28.8 Å². The molecule has 2 nitrogen and oxygen atoms in total. The summed E-state index contributed by atoms with van der Waals surface area (Å²) in [5.74, 6) is 0. The second kappa shape index (κ2) is 3.52. The fourth-order valence-corrected chi connectivity index (χ4v) is 1.71. The molecular formula is C10H5ClF3NO. The van der Waals surface area contributed by atoms with E-state index in [9.17, 15) is 18.0 Å². The minimum absolute atomic E-state index is 0.172. The number of aldehydes is 1. The van der Waals surface area contributed by atoms with Crippen LogP contribution in [0.3, 0.4) is 0 Å². The van der Waals surface area contributed by atoms with E-state index in [2.05, 4.69) is 4.98 Å². The topological polar surface area (TPSA) is 32.9 Å². The van der Waals surface area contributed by atoms with Crippen molar-refractivity contribution in [2.24, 2.45) is 0 Å². The van der Waals surface area contributed by atoms with Crippen LogP contribution in [0, 0.1) is 0 Å². The maximum Gasteiger partial charge on any atom is 0.417 e. The molecule has 0 amide bonds. The number of fused-ring (bicyclic) bond motifs is 1. The Morgan fingerprint density at radius 2 is 2.00 bits per heavy atom. The molecule has 2 rings (SSSR count). The highest BCUT2D eigenvalue weighted by molar-refractivity contribution is 6.35. The molecule has 1 heterocycles. The van der Waals surface area contributed by atoms with Gasteiger partial charge < -0.3 is 4.98 Å². The lowest BCUT2D eigenvalue weighted by molar-refractivity contribution is -0.137. The van der Waals surface area contributed by atoms with E-state index < -0.39 is 17.3 Å². The summed E-state index contributed by atoms with van der Waals surface area (Å²) in [6.45, 7) is 0. The van der Waals surface area contributed by atoms with Gasteiger partial charge >= 0.3 is 6.18 Å². The van der Waals surface area contributed by atoms with Gasteiger partial charge in [-0.05, 0) is 12.1 Å². The Morgan fingerprint density at radius 1 is 1.31 bits per heavy atom. The molecule has 0 aliphatic rings. The van der Waals surface area contributed by atoms with Crippen LogP contribution in [0.1, 0.15) is 15.9 Å². The van der Waals surface area contributed by atoms with Crippen molar-refractivity contribution in [2.75, 3.05) is 0 Å². The van der Waals surface area contributed by atoms with E-state index in [4.69, 9.17) is 11.6 Å². The van der Waals surface area contributed by atoms with Crippen LogP contribution in [0.2, 0.25) is 5.02 Å². The second-order valence-corrected chi connectivity index (χ2v) is 3.64. The number of alkyl halides is 3. The molecule has 0 aliphatic carbocycles. The number of rotatable bonds is 1. The number of hydrogen-bond donors (Lipinski definition) is 1. The molecule has 0 fully saturated rings. The molecule has 2 aromatic rings. The third-order valence-electron chi connectivity index (χ3n) is 2.23. The lowest BCUT2D eigenvalue weighted by Crippen LogP contribution is -2.08. The first-order chi connectivity index (χ1) is 7.43. The zero-order valence-electron chi connectivity index (χ0n) is 7.73. The third-order valence-corrected chi connectivity index (χ3v) is 2.55. The van der Waals surface area contributed by atoms with Gasteiger partial charge in [-0.15, -0.1) is 0 Å². The van der Waals surface area contributed by atoms with Crippen molar-refractivity contribution in [3.8, 4) is 0 Å². The van der Waals surface area contributed by atoms with Crippen molar-refractivity contribution in [3.05, 3.63) is 34.5 Å². The second-order valence-electron chi connectivity index (χ2n) is 3.24. The number of carbonyl (C=O) groups is 1. The number of benzene rings is 1. The molecule has 84 valence electrons. The Labute approximate surface area is 93.0 Å². The van der Waals surface area contributed by atoms with Crippen LogP contribution in [0.25, 0.3) is 10.9 Å². The highest BCUT2D eigenvalue weighted by atomic mass is 35.5. The molecule has 0 atom stereocenters. The SMILES string of the molecule is O=Cc1cc2c(Cl)c[nH]c2cc1C(F)(F)F. The summed E-state index contributed by atoms with van der Waals surface area (Å²) >= 11 is 5.74. The molecule has 0 spiro atoms. The number of carbonyl (C=O) groups excluding carboxylic acids is 1. The molecule has 0 bridgehead atoms. The fourth-order valence-electron chi connectivity index (χ4n) is 1.50. The first kappa shape index (κ1) is 11.0. The maximum atomic E-state index is 12.6. The predicted octanol–water partition coefficient (Wildman–Crippen LogP) is 3.65. The van der Waals surface area contributed by atoms with Crippen molar-refractivity contribution < 1.29 is 18.0 Å². The van der Waals surface area contributed by atoms with Crippen molar-refractivity contribution in [2.45, 2.75) is 6.18 Å². The van der Waals surface area contributed by atoms with Crippen molar-refractivity contribution in [3.63, 3.8) is 0 Å². The molecule has 1 N–H and O–H groups in total. The van der Waals surface area contributed by atoms with Crippen LogP contribution in [0.5, 0.6) is 0 Å². The smallest absolute Gasteiger partial charge is 0.360 e. The summed E-state index contributed by atoms with van der Waals surface area (Å²) in [4.78, 5) is 13.2. The largest absolute Gasteiger partial charge is 0.417 e. The summed E-state index contributed by atoms with van der Waals surface area (Å²) in [6, 6.07) is 2.01. The van der Waals surface area contributed by atoms with Crippen LogP contribution in [-0.2, 0) is 6.18 Å². The Bertz CT molecular complexity index is 559. The lowest BCUT2D eigenvalue weighted by Gasteiger charge is -2.09. The van der Waals surface area contributed by atoms with Gasteiger partial charge in [-0.2, -0.15) is 13.2 Å². The van der Waals surface area contributed by atoms with Gasteiger partial charge in [0.05, 0.1) is 10.6 Å².